The lowest BCUT2D eigenvalue weighted by atomic mass is 10.1. The van der Waals surface area contributed by atoms with Gasteiger partial charge in [-0.3, -0.25) is 0 Å². The molecule has 0 aromatic heterocycles. The molecule has 2 rings (SSSR count). The maximum absolute atomic E-state index is 11.6. The van der Waals surface area contributed by atoms with Gasteiger partial charge in [0.15, 0.2) is 9.84 Å². The average molecular weight is 304 g/mol. The third-order valence-electron chi connectivity index (χ3n) is 3.43. The molecule has 0 amide bonds. The van der Waals surface area contributed by atoms with Crippen LogP contribution in [0.3, 0.4) is 0 Å². The molecule has 0 saturated carbocycles. The van der Waals surface area contributed by atoms with Gasteiger partial charge in [0.1, 0.15) is 0 Å². The van der Waals surface area contributed by atoms with Crippen LogP contribution in [0.15, 0.2) is 18.2 Å². The van der Waals surface area contributed by atoms with Gasteiger partial charge in [-0.2, -0.15) is 0 Å². The van der Waals surface area contributed by atoms with E-state index in [-0.39, 0.29) is 17.5 Å². The molecule has 1 aromatic carbocycles. The molecule has 6 heteroatoms. The molecular formula is C13H18ClNO3S. The third-order valence-corrected chi connectivity index (χ3v) is 5.53. The summed E-state index contributed by atoms with van der Waals surface area (Å²) < 4.78 is 23.1. The van der Waals surface area contributed by atoms with Crippen molar-refractivity contribution in [2.75, 3.05) is 23.0 Å². The molecule has 0 aliphatic carbocycles. The van der Waals surface area contributed by atoms with E-state index in [2.05, 4.69) is 0 Å². The molecule has 1 heterocycles. The fraction of sp³-hybridized carbons (Fsp3) is 0.538. The Bertz CT molecular complexity index is 571. The zero-order valence-corrected chi connectivity index (χ0v) is 12.6. The molecule has 1 unspecified atom stereocenters. The lowest BCUT2D eigenvalue weighted by Gasteiger charge is -2.35. The second-order valence-electron chi connectivity index (χ2n) is 5.04. The number of nitrogens with zero attached hydrogens (tertiary/aromatic N) is 1. The van der Waals surface area contributed by atoms with E-state index in [0.29, 0.717) is 11.6 Å². The Kier molecular flexibility index (Phi) is 4.08. The number of hydrogen-bond donors (Lipinski definition) is 1. The first-order valence-electron chi connectivity index (χ1n) is 6.25. The molecule has 1 aromatic rings. The van der Waals surface area contributed by atoms with Gasteiger partial charge in [0.05, 0.1) is 28.3 Å². The van der Waals surface area contributed by atoms with Crippen molar-refractivity contribution in [3.05, 3.63) is 28.8 Å². The highest BCUT2D eigenvalue weighted by molar-refractivity contribution is 7.91. The summed E-state index contributed by atoms with van der Waals surface area (Å²) in [4.78, 5) is 2.01. The first-order valence-corrected chi connectivity index (χ1v) is 8.44. The van der Waals surface area contributed by atoms with Crippen LogP contribution in [0.1, 0.15) is 25.5 Å². The van der Waals surface area contributed by atoms with Crippen molar-refractivity contribution in [2.24, 2.45) is 0 Å². The topological polar surface area (TPSA) is 57.6 Å². The van der Waals surface area contributed by atoms with E-state index in [4.69, 9.17) is 11.6 Å². The predicted molar refractivity (Wildman–Crippen MR) is 77.5 cm³/mol. The normalized spacial score (nSPS) is 24.2. The zero-order chi connectivity index (χ0) is 14.2. The quantitative estimate of drug-likeness (QED) is 0.908. The van der Waals surface area contributed by atoms with Crippen LogP contribution in [0.2, 0.25) is 5.02 Å². The lowest BCUT2D eigenvalue weighted by molar-refractivity contribution is 0.199. The predicted octanol–water partition coefficient (Wildman–Crippen LogP) is 2.02. The fourth-order valence-corrected chi connectivity index (χ4v) is 4.23. The van der Waals surface area contributed by atoms with Gasteiger partial charge in [0.25, 0.3) is 0 Å². The molecule has 0 spiro atoms. The van der Waals surface area contributed by atoms with Crippen molar-refractivity contribution in [3.8, 4) is 0 Å². The summed E-state index contributed by atoms with van der Waals surface area (Å²) in [6.45, 7) is 4.02. The van der Waals surface area contributed by atoms with E-state index >= 15 is 0 Å². The van der Waals surface area contributed by atoms with Crippen molar-refractivity contribution in [1.29, 1.82) is 0 Å². The smallest absolute Gasteiger partial charge is 0.154 e. The number of halogens is 1. The maximum atomic E-state index is 11.6. The van der Waals surface area contributed by atoms with Gasteiger partial charge in [-0.05, 0) is 31.5 Å². The first-order chi connectivity index (χ1) is 8.80. The van der Waals surface area contributed by atoms with Gasteiger partial charge in [0.2, 0.25) is 0 Å². The lowest BCUT2D eigenvalue weighted by Crippen LogP contribution is -2.47. The second kappa shape index (κ2) is 5.31. The van der Waals surface area contributed by atoms with Crippen LogP contribution in [0.25, 0.3) is 0 Å². The summed E-state index contributed by atoms with van der Waals surface area (Å²) in [7, 11) is -2.93. The van der Waals surface area contributed by atoms with Gasteiger partial charge in [0, 0.05) is 12.6 Å². The Morgan fingerprint density at radius 2 is 2.16 bits per heavy atom. The van der Waals surface area contributed by atoms with Crippen molar-refractivity contribution in [1.82, 2.24) is 0 Å². The van der Waals surface area contributed by atoms with Crippen LogP contribution < -0.4 is 4.90 Å². The molecule has 1 saturated heterocycles. The van der Waals surface area contributed by atoms with Crippen LogP contribution in [0.5, 0.6) is 0 Å². The van der Waals surface area contributed by atoms with Crippen LogP contribution in [-0.4, -0.2) is 37.6 Å². The number of aliphatic hydroxyl groups is 1. The Morgan fingerprint density at radius 3 is 2.68 bits per heavy atom. The first kappa shape index (κ1) is 14.6. The van der Waals surface area contributed by atoms with Gasteiger partial charge in [-0.1, -0.05) is 17.7 Å². The van der Waals surface area contributed by atoms with E-state index in [9.17, 15) is 13.5 Å². The minimum atomic E-state index is -2.93. The summed E-state index contributed by atoms with van der Waals surface area (Å²) in [5, 5.41) is 10.1. The Hall–Kier alpha value is -0.780. The second-order valence-corrected chi connectivity index (χ2v) is 7.68. The Labute approximate surface area is 118 Å². The van der Waals surface area contributed by atoms with Gasteiger partial charge < -0.3 is 10.0 Å². The summed E-state index contributed by atoms with van der Waals surface area (Å²) in [5.41, 5.74) is 1.58. The van der Waals surface area contributed by atoms with Crippen molar-refractivity contribution in [3.63, 3.8) is 0 Å². The number of hydrogen-bond acceptors (Lipinski definition) is 4. The molecular weight excluding hydrogens is 286 g/mol. The van der Waals surface area contributed by atoms with E-state index in [1.54, 1.807) is 13.0 Å². The molecule has 19 heavy (non-hydrogen) atoms. The zero-order valence-electron chi connectivity index (χ0n) is 11.0. The van der Waals surface area contributed by atoms with Crippen LogP contribution in [-0.2, 0) is 9.84 Å². The standard InChI is InChI=1S/C13H18ClNO3S/c1-9-8-19(17,18)6-5-15(9)13-4-3-11(10(2)16)7-12(13)14/h3-4,7,9-10,16H,5-6,8H2,1-2H3/t9?,10-/m1/s1. The van der Waals surface area contributed by atoms with Gasteiger partial charge >= 0.3 is 0 Å². The number of sulfone groups is 1. The molecule has 1 aliphatic heterocycles. The SMILES string of the molecule is CC1CS(=O)(=O)CCN1c1ccc([C@@H](C)O)cc1Cl. The fourth-order valence-electron chi connectivity index (χ4n) is 2.37. The molecule has 2 atom stereocenters. The maximum Gasteiger partial charge on any atom is 0.154 e. The molecule has 106 valence electrons. The highest BCUT2D eigenvalue weighted by Crippen LogP contribution is 2.31. The van der Waals surface area contributed by atoms with Crippen LogP contribution in [0.4, 0.5) is 5.69 Å². The van der Waals surface area contributed by atoms with E-state index in [1.807, 2.05) is 24.0 Å². The summed E-state index contributed by atoms with van der Waals surface area (Å²) in [5.74, 6) is 0.313. The number of aliphatic hydroxyl groups excluding tert-OH is 1. The Balaban J connectivity index is 2.28. The third kappa shape index (κ3) is 3.22. The molecule has 1 N–H and O–H groups in total. The molecule has 1 fully saturated rings. The molecule has 4 nitrogen and oxygen atoms in total. The van der Waals surface area contributed by atoms with Crippen molar-refractivity contribution >= 4 is 27.1 Å². The summed E-state index contributed by atoms with van der Waals surface area (Å²) in [6.07, 6.45) is -0.564. The average Bonchev–Trinajstić information content (AvgIpc) is 2.29. The molecule has 0 bridgehead atoms. The summed E-state index contributed by atoms with van der Waals surface area (Å²) >= 11 is 6.24. The minimum absolute atomic E-state index is 0.0892. The number of anilines is 1. The van der Waals surface area contributed by atoms with Crippen LogP contribution in [0, 0.1) is 0 Å². The van der Waals surface area contributed by atoms with E-state index in [1.165, 1.54) is 0 Å². The largest absolute Gasteiger partial charge is 0.389 e. The number of benzene rings is 1. The van der Waals surface area contributed by atoms with E-state index < -0.39 is 15.9 Å². The monoisotopic (exact) mass is 303 g/mol. The van der Waals surface area contributed by atoms with Crippen molar-refractivity contribution in [2.45, 2.75) is 26.0 Å². The summed E-state index contributed by atoms with van der Waals surface area (Å²) in [6, 6.07) is 5.31. The molecule has 1 aliphatic rings. The van der Waals surface area contributed by atoms with E-state index in [0.717, 1.165) is 11.3 Å². The van der Waals surface area contributed by atoms with Crippen LogP contribution >= 0.6 is 11.6 Å². The molecule has 0 radical (unpaired) electrons. The van der Waals surface area contributed by atoms with Gasteiger partial charge in [-0.15, -0.1) is 0 Å². The minimum Gasteiger partial charge on any atom is -0.389 e. The van der Waals surface area contributed by atoms with Crippen molar-refractivity contribution < 1.29 is 13.5 Å². The highest BCUT2D eigenvalue weighted by Gasteiger charge is 2.29. The highest BCUT2D eigenvalue weighted by atomic mass is 35.5. The number of rotatable bonds is 2. The Morgan fingerprint density at radius 1 is 1.47 bits per heavy atom. The van der Waals surface area contributed by atoms with Gasteiger partial charge in [-0.25, -0.2) is 8.42 Å².